The van der Waals surface area contributed by atoms with Crippen LogP contribution < -0.4 is 0 Å². The highest BCUT2D eigenvalue weighted by Gasteiger charge is 2.50. The number of ether oxygens (including phenoxy) is 1. The molecule has 112 valence electrons. The third-order valence-corrected chi connectivity index (χ3v) is 4.30. The van der Waals surface area contributed by atoms with Crippen LogP contribution in [0.25, 0.3) is 11.0 Å². The van der Waals surface area contributed by atoms with Crippen LogP contribution >= 0.6 is 0 Å². The molecule has 5 nitrogen and oxygen atoms in total. The number of imidazole rings is 1. The van der Waals surface area contributed by atoms with Crippen molar-refractivity contribution in [2.45, 2.75) is 51.5 Å². The van der Waals surface area contributed by atoms with Crippen LogP contribution in [0.15, 0.2) is 18.5 Å². The first kappa shape index (κ1) is 14.0. The van der Waals surface area contributed by atoms with E-state index in [1.807, 2.05) is 13.0 Å². The Balaban J connectivity index is 2.13. The first-order valence-electron chi connectivity index (χ1n) is 7.71. The summed E-state index contributed by atoms with van der Waals surface area (Å²) in [6.45, 7) is 5.25. The fourth-order valence-electron chi connectivity index (χ4n) is 3.12. The lowest BCUT2D eigenvalue weighted by Gasteiger charge is -2.38. The number of carbonyl (C=O) groups excluding carboxylic acids is 1. The topological polar surface area (TPSA) is 57.0 Å². The van der Waals surface area contributed by atoms with Crippen LogP contribution in [0.2, 0.25) is 0 Å². The first-order chi connectivity index (χ1) is 10.2. The summed E-state index contributed by atoms with van der Waals surface area (Å²) in [5.41, 5.74) is 1.36. The van der Waals surface area contributed by atoms with Crippen molar-refractivity contribution >= 4 is 17.0 Å². The summed E-state index contributed by atoms with van der Waals surface area (Å²) in [7, 11) is 0. The largest absolute Gasteiger partial charge is 0.465 e. The van der Waals surface area contributed by atoms with E-state index in [0.717, 1.165) is 49.1 Å². The van der Waals surface area contributed by atoms with Crippen molar-refractivity contribution in [3.63, 3.8) is 0 Å². The standard InChI is InChI=1S/C16H21N3O2/c1-3-10-19-13-6-9-17-11-12(13)18-14(19)16(7-5-8-16)15(20)21-4-2/h6,9,11H,3-5,7-8,10H2,1-2H3. The average molecular weight is 287 g/mol. The van der Waals surface area contributed by atoms with Crippen molar-refractivity contribution in [2.75, 3.05) is 6.61 Å². The second-order valence-corrected chi connectivity index (χ2v) is 5.61. The summed E-state index contributed by atoms with van der Waals surface area (Å²) in [5.74, 6) is 0.730. The fourth-order valence-corrected chi connectivity index (χ4v) is 3.12. The molecular formula is C16H21N3O2. The van der Waals surface area contributed by atoms with Gasteiger partial charge in [0.1, 0.15) is 16.8 Å². The maximum atomic E-state index is 12.5. The van der Waals surface area contributed by atoms with E-state index in [1.165, 1.54) is 0 Å². The summed E-state index contributed by atoms with van der Waals surface area (Å²) >= 11 is 0. The van der Waals surface area contributed by atoms with Gasteiger partial charge in [-0.1, -0.05) is 13.3 Å². The van der Waals surface area contributed by atoms with Crippen molar-refractivity contribution in [3.8, 4) is 0 Å². The van der Waals surface area contributed by atoms with E-state index in [9.17, 15) is 4.79 Å². The number of aryl methyl sites for hydroxylation is 1. The number of hydrogen-bond donors (Lipinski definition) is 0. The molecule has 0 spiro atoms. The smallest absolute Gasteiger partial charge is 0.319 e. The maximum Gasteiger partial charge on any atom is 0.319 e. The third kappa shape index (κ3) is 2.11. The van der Waals surface area contributed by atoms with Crippen molar-refractivity contribution in [1.82, 2.24) is 14.5 Å². The monoisotopic (exact) mass is 287 g/mol. The molecule has 0 saturated heterocycles. The van der Waals surface area contributed by atoms with Gasteiger partial charge in [-0.05, 0) is 32.3 Å². The van der Waals surface area contributed by atoms with Crippen LogP contribution in [-0.2, 0) is 21.5 Å². The van der Waals surface area contributed by atoms with Gasteiger partial charge in [-0.2, -0.15) is 0 Å². The Morgan fingerprint density at radius 3 is 2.86 bits per heavy atom. The predicted molar refractivity (Wildman–Crippen MR) is 80.0 cm³/mol. The van der Waals surface area contributed by atoms with Gasteiger partial charge in [-0.25, -0.2) is 4.98 Å². The number of pyridine rings is 1. The molecule has 1 saturated carbocycles. The van der Waals surface area contributed by atoms with Gasteiger partial charge in [-0.3, -0.25) is 9.78 Å². The van der Waals surface area contributed by atoms with Crippen LogP contribution in [0, 0.1) is 0 Å². The molecule has 0 aliphatic heterocycles. The molecule has 5 heteroatoms. The molecule has 0 bridgehead atoms. The number of carbonyl (C=O) groups is 1. The van der Waals surface area contributed by atoms with E-state index in [1.54, 1.807) is 12.4 Å². The fraction of sp³-hybridized carbons (Fsp3) is 0.562. The minimum atomic E-state index is -0.551. The van der Waals surface area contributed by atoms with E-state index >= 15 is 0 Å². The molecule has 1 fully saturated rings. The average Bonchev–Trinajstić information content (AvgIpc) is 2.78. The number of fused-ring (bicyclic) bond motifs is 1. The molecule has 0 atom stereocenters. The molecule has 2 aromatic rings. The molecular weight excluding hydrogens is 266 g/mol. The number of aromatic nitrogens is 3. The molecule has 1 aliphatic rings. The lowest BCUT2D eigenvalue weighted by atomic mass is 9.68. The minimum absolute atomic E-state index is 0.128. The first-order valence-corrected chi connectivity index (χ1v) is 7.71. The Labute approximate surface area is 124 Å². The zero-order chi connectivity index (χ0) is 14.9. The van der Waals surface area contributed by atoms with Gasteiger partial charge in [0, 0.05) is 12.7 Å². The highest BCUT2D eigenvalue weighted by Crippen LogP contribution is 2.45. The zero-order valence-corrected chi connectivity index (χ0v) is 12.6. The van der Waals surface area contributed by atoms with Crippen LogP contribution in [-0.4, -0.2) is 27.1 Å². The number of nitrogens with zero attached hydrogens (tertiary/aromatic N) is 3. The Hall–Kier alpha value is -1.91. The summed E-state index contributed by atoms with van der Waals surface area (Å²) in [6, 6.07) is 1.97. The predicted octanol–water partition coefficient (Wildman–Crippen LogP) is 2.83. The maximum absolute atomic E-state index is 12.5. The lowest BCUT2D eigenvalue weighted by Crippen LogP contribution is -2.45. The summed E-state index contributed by atoms with van der Waals surface area (Å²) in [5, 5.41) is 0. The van der Waals surface area contributed by atoms with E-state index < -0.39 is 5.41 Å². The summed E-state index contributed by atoms with van der Waals surface area (Å²) < 4.78 is 7.50. The molecule has 3 rings (SSSR count). The molecule has 0 N–H and O–H groups in total. The summed E-state index contributed by atoms with van der Waals surface area (Å²) in [4.78, 5) is 21.4. The van der Waals surface area contributed by atoms with E-state index in [2.05, 4.69) is 16.5 Å². The van der Waals surface area contributed by atoms with Gasteiger partial charge in [0.2, 0.25) is 0 Å². The molecule has 2 aromatic heterocycles. The van der Waals surface area contributed by atoms with Crippen LogP contribution in [0.4, 0.5) is 0 Å². The second-order valence-electron chi connectivity index (χ2n) is 5.61. The molecule has 0 aromatic carbocycles. The van der Waals surface area contributed by atoms with Gasteiger partial charge < -0.3 is 9.30 Å². The second kappa shape index (κ2) is 5.47. The Kier molecular flexibility index (Phi) is 3.66. The SMILES string of the molecule is CCCn1c(C2(C(=O)OCC)CCC2)nc2cnccc21. The van der Waals surface area contributed by atoms with E-state index in [-0.39, 0.29) is 5.97 Å². The molecule has 0 radical (unpaired) electrons. The van der Waals surface area contributed by atoms with Gasteiger partial charge in [0.25, 0.3) is 0 Å². The lowest BCUT2D eigenvalue weighted by molar-refractivity contribution is -0.154. The van der Waals surface area contributed by atoms with Gasteiger partial charge in [0.05, 0.1) is 18.3 Å². The van der Waals surface area contributed by atoms with Gasteiger partial charge in [0.15, 0.2) is 0 Å². The molecule has 0 amide bonds. The highest BCUT2D eigenvalue weighted by molar-refractivity contribution is 5.85. The van der Waals surface area contributed by atoms with Crippen molar-refractivity contribution < 1.29 is 9.53 Å². The molecule has 0 unspecified atom stereocenters. The Morgan fingerprint density at radius 1 is 1.43 bits per heavy atom. The molecule has 1 aliphatic carbocycles. The van der Waals surface area contributed by atoms with Crippen LogP contribution in [0.5, 0.6) is 0 Å². The van der Waals surface area contributed by atoms with Crippen LogP contribution in [0.3, 0.4) is 0 Å². The van der Waals surface area contributed by atoms with Crippen molar-refractivity contribution in [1.29, 1.82) is 0 Å². The quantitative estimate of drug-likeness (QED) is 0.793. The van der Waals surface area contributed by atoms with Gasteiger partial charge >= 0.3 is 5.97 Å². The van der Waals surface area contributed by atoms with Crippen LogP contribution in [0.1, 0.15) is 45.4 Å². The normalized spacial score (nSPS) is 16.7. The third-order valence-electron chi connectivity index (χ3n) is 4.30. The van der Waals surface area contributed by atoms with E-state index in [0.29, 0.717) is 6.61 Å². The Morgan fingerprint density at radius 2 is 2.24 bits per heavy atom. The number of esters is 1. The summed E-state index contributed by atoms with van der Waals surface area (Å²) in [6.07, 6.45) is 7.24. The molecule has 21 heavy (non-hydrogen) atoms. The number of hydrogen-bond acceptors (Lipinski definition) is 4. The van der Waals surface area contributed by atoms with E-state index in [4.69, 9.17) is 9.72 Å². The molecule has 2 heterocycles. The van der Waals surface area contributed by atoms with Gasteiger partial charge in [-0.15, -0.1) is 0 Å². The number of rotatable bonds is 5. The Bertz CT molecular complexity index is 659. The highest BCUT2D eigenvalue weighted by atomic mass is 16.5. The van der Waals surface area contributed by atoms with Crippen molar-refractivity contribution in [2.24, 2.45) is 0 Å². The minimum Gasteiger partial charge on any atom is -0.465 e. The zero-order valence-electron chi connectivity index (χ0n) is 12.6. The van der Waals surface area contributed by atoms with Crippen molar-refractivity contribution in [3.05, 3.63) is 24.3 Å².